The van der Waals surface area contributed by atoms with E-state index in [1.165, 1.54) is 0 Å². The van der Waals surface area contributed by atoms with E-state index in [2.05, 4.69) is 10.6 Å². The number of thiophene rings is 1. The molecule has 0 saturated heterocycles. The molecule has 0 fully saturated rings. The van der Waals surface area contributed by atoms with Gasteiger partial charge in [0.25, 0.3) is 0 Å². The molecule has 0 bridgehead atoms. The van der Waals surface area contributed by atoms with E-state index < -0.39 is 0 Å². The van der Waals surface area contributed by atoms with Crippen molar-refractivity contribution >= 4 is 17.2 Å². The summed E-state index contributed by atoms with van der Waals surface area (Å²) in [6.07, 6.45) is 0. The zero-order valence-corrected chi connectivity index (χ0v) is 7.94. The molecule has 3 nitrogen and oxygen atoms in total. The van der Waals surface area contributed by atoms with Gasteiger partial charge in [0.1, 0.15) is 6.04 Å². The zero-order chi connectivity index (χ0) is 8.97. The first-order valence-corrected chi connectivity index (χ1v) is 4.59. The number of likely N-dealkylation sites (N-methyl/N-ethyl adjacent to an activating group) is 2. The van der Waals surface area contributed by atoms with Gasteiger partial charge in [-0.3, -0.25) is 4.79 Å². The van der Waals surface area contributed by atoms with Crippen LogP contribution in [-0.2, 0) is 4.79 Å². The summed E-state index contributed by atoms with van der Waals surface area (Å²) >= 11 is 1.58. The number of hydrogen-bond donors (Lipinski definition) is 2. The average molecular weight is 184 g/mol. The summed E-state index contributed by atoms with van der Waals surface area (Å²) in [6.45, 7) is 0. The second-order valence-electron chi connectivity index (χ2n) is 2.35. The Balaban J connectivity index is 2.76. The molecule has 2 N–H and O–H groups in total. The Morgan fingerprint density at radius 1 is 1.58 bits per heavy atom. The maximum absolute atomic E-state index is 11.3. The Morgan fingerprint density at radius 2 is 2.33 bits per heavy atom. The van der Waals surface area contributed by atoms with Crippen LogP contribution in [0.25, 0.3) is 0 Å². The van der Waals surface area contributed by atoms with Gasteiger partial charge in [-0.05, 0) is 18.5 Å². The van der Waals surface area contributed by atoms with Crippen LogP contribution in [0.4, 0.5) is 0 Å². The van der Waals surface area contributed by atoms with Gasteiger partial charge in [-0.2, -0.15) is 0 Å². The lowest BCUT2D eigenvalue weighted by molar-refractivity contribution is -0.122. The highest BCUT2D eigenvalue weighted by Crippen LogP contribution is 2.18. The third kappa shape index (κ3) is 1.84. The molecule has 1 aromatic rings. The molecule has 0 radical (unpaired) electrons. The molecule has 1 atom stereocenters. The van der Waals surface area contributed by atoms with E-state index in [0.29, 0.717) is 0 Å². The molecular weight excluding hydrogens is 172 g/mol. The molecule has 1 aromatic heterocycles. The standard InChI is InChI=1S/C8H12N2OS/c1-9-7(8(11)10-2)6-4-3-5-12-6/h3-5,7,9H,1-2H3,(H,10,11)/t7-/m0/s1. The highest BCUT2D eigenvalue weighted by Gasteiger charge is 2.17. The Morgan fingerprint density at radius 3 is 2.75 bits per heavy atom. The minimum Gasteiger partial charge on any atom is -0.357 e. The third-order valence-electron chi connectivity index (χ3n) is 1.62. The number of carbonyl (C=O) groups excluding carboxylic acids is 1. The second kappa shape index (κ2) is 4.23. The highest BCUT2D eigenvalue weighted by atomic mass is 32.1. The molecule has 1 amide bonds. The van der Waals surface area contributed by atoms with Gasteiger partial charge in [-0.15, -0.1) is 11.3 Å². The lowest BCUT2D eigenvalue weighted by Gasteiger charge is -2.11. The fourth-order valence-electron chi connectivity index (χ4n) is 1.00. The van der Waals surface area contributed by atoms with Crippen LogP contribution in [0.5, 0.6) is 0 Å². The molecule has 1 rings (SSSR count). The second-order valence-corrected chi connectivity index (χ2v) is 3.33. The zero-order valence-electron chi connectivity index (χ0n) is 7.13. The van der Waals surface area contributed by atoms with E-state index in [-0.39, 0.29) is 11.9 Å². The molecule has 0 aliphatic carbocycles. The normalized spacial score (nSPS) is 12.5. The van der Waals surface area contributed by atoms with E-state index in [0.717, 1.165) is 4.88 Å². The van der Waals surface area contributed by atoms with Crippen molar-refractivity contribution in [2.75, 3.05) is 14.1 Å². The van der Waals surface area contributed by atoms with Crippen molar-refractivity contribution in [2.45, 2.75) is 6.04 Å². The molecule has 0 aromatic carbocycles. The lowest BCUT2D eigenvalue weighted by Crippen LogP contribution is -2.33. The van der Waals surface area contributed by atoms with Gasteiger partial charge in [0.15, 0.2) is 0 Å². The summed E-state index contributed by atoms with van der Waals surface area (Å²) in [7, 11) is 3.42. The Hall–Kier alpha value is -0.870. The number of amides is 1. The van der Waals surface area contributed by atoms with Crippen molar-refractivity contribution in [1.82, 2.24) is 10.6 Å². The van der Waals surface area contributed by atoms with Crippen LogP contribution >= 0.6 is 11.3 Å². The predicted molar refractivity (Wildman–Crippen MR) is 50.2 cm³/mol. The maximum Gasteiger partial charge on any atom is 0.242 e. The summed E-state index contributed by atoms with van der Waals surface area (Å²) < 4.78 is 0. The number of hydrogen-bond acceptors (Lipinski definition) is 3. The average Bonchev–Trinajstić information content (AvgIpc) is 2.58. The van der Waals surface area contributed by atoms with E-state index in [1.807, 2.05) is 17.5 Å². The van der Waals surface area contributed by atoms with Crippen LogP contribution in [0.15, 0.2) is 17.5 Å². The molecule has 66 valence electrons. The number of nitrogens with one attached hydrogen (secondary N) is 2. The molecule has 12 heavy (non-hydrogen) atoms. The predicted octanol–water partition coefficient (Wildman–Crippen LogP) is 0.755. The first-order valence-electron chi connectivity index (χ1n) is 3.72. The summed E-state index contributed by atoms with van der Waals surface area (Å²) in [4.78, 5) is 12.3. The van der Waals surface area contributed by atoms with Crippen molar-refractivity contribution in [3.05, 3.63) is 22.4 Å². The maximum atomic E-state index is 11.3. The summed E-state index contributed by atoms with van der Waals surface area (Å²) in [6, 6.07) is 3.67. The van der Waals surface area contributed by atoms with E-state index in [9.17, 15) is 4.79 Å². The third-order valence-corrected chi connectivity index (χ3v) is 2.56. The van der Waals surface area contributed by atoms with E-state index in [4.69, 9.17) is 0 Å². The largest absolute Gasteiger partial charge is 0.357 e. The first-order chi connectivity index (χ1) is 5.79. The summed E-state index contributed by atoms with van der Waals surface area (Å²) in [5, 5.41) is 7.52. The van der Waals surface area contributed by atoms with Crippen molar-refractivity contribution in [2.24, 2.45) is 0 Å². The smallest absolute Gasteiger partial charge is 0.242 e. The van der Waals surface area contributed by atoms with Gasteiger partial charge in [0, 0.05) is 11.9 Å². The van der Waals surface area contributed by atoms with Gasteiger partial charge in [-0.25, -0.2) is 0 Å². The molecule has 0 aliphatic rings. The lowest BCUT2D eigenvalue weighted by atomic mass is 10.2. The van der Waals surface area contributed by atoms with Crippen molar-refractivity contribution in [1.29, 1.82) is 0 Å². The SMILES string of the molecule is CNC(=O)[C@@H](NC)c1cccs1. The van der Waals surface area contributed by atoms with Gasteiger partial charge < -0.3 is 10.6 Å². The van der Waals surface area contributed by atoms with Crippen molar-refractivity contribution < 1.29 is 4.79 Å². The highest BCUT2D eigenvalue weighted by molar-refractivity contribution is 7.10. The molecule has 0 saturated carbocycles. The quantitative estimate of drug-likeness (QED) is 0.728. The minimum absolute atomic E-state index is 0.0000463. The van der Waals surface area contributed by atoms with Crippen LogP contribution < -0.4 is 10.6 Å². The fraction of sp³-hybridized carbons (Fsp3) is 0.375. The molecule has 0 aliphatic heterocycles. The Bertz CT molecular complexity index is 246. The molecular formula is C8H12N2OS. The first kappa shape index (κ1) is 9.22. The van der Waals surface area contributed by atoms with Crippen LogP contribution in [0.3, 0.4) is 0 Å². The molecule has 0 unspecified atom stereocenters. The van der Waals surface area contributed by atoms with Gasteiger partial charge >= 0.3 is 0 Å². The summed E-state index contributed by atoms with van der Waals surface area (Å²) in [5.74, 6) is -0.0000463. The van der Waals surface area contributed by atoms with Gasteiger partial charge in [-0.1, -0.05) is 6.07 Å². The number of carbonyl (C=O) groups is 1. The summed E-state index contributed by atoms with van der Waals surface area (Å²) in [5.41, 5.74) is 0. The van der Waals surface area contributed by atoms with Crippen molar-refractivity contribution in [3.8, 4) is 0 Å². The number of rotatable bonds is 3. The van der Waals surface area contributed by atoms with Crippen LogP contribution in [0.1, 0.15) is 10.9 Å². The van der Waals surface area contributed by atoms with Gasteiger partial charge in [0.2, 0.25) is 5.91 Å². The monoisotopic (exact) mass is 184 g/mol. The van der Waals surface area contributed by atoms with Gasteiger partial charge in [0.05, 0.1) is 0 Å². The Kier molecular flexibility index (Phi) is 3.25. The Labute approximate surface area is 75.8 Å². The van der Waals surface area contributed by atoms with E-state index in [1.54, 1.807) is 25.4 Å². The van der Waals surface area contributed by atoms with Crippen LogP contribution in [0, 0.1) is 0 Å². The topological polar surface area (TPSA) is 41.1 Å². The molecule has 4 heteroatoms. The fourth-order valence-corrected chi connectivity index (χ4v) is 1.83. The van der Waals surface area contributed by atoms with Crippen molar-refractivity contribution in [3.63, 3.8) is 0 Å². The molecule has 1 heterocycles. The van der Waals surface area contributed by atoms with Crippen LogP contribution in [0.2, 0.25) is 0 Å². The minimum atomic E-state index is -0.213. The molecule has 0 spiro atoms. The van der Waals surface area contributed by atoms with E-state index >= 15 is 0 Å². The van der Waals surface area contributed by atoms with Crippen LogP contribution in [-0.4, -0.2) is 20.0 Å².